The average molecular weight is 400 g/mol. The van der Waals surface area contributed by atoms with Gasteiger partial charge in [-0.15, -0.1) is 0 Å². The molecule has 2 heterocycles. The molecule has 0 fully saturated rings. The smallest absolute Gasteiger partial charge is 0.193 e. The molecule has 30 heavy (non-hydrogen) atoms. The van der Waals surface area contributed by atoms with Crippen molar-refractivity contribution in [3.63, 3.8) is 0 Å². The molecular weight excluding hydrogens is 386 g/mol. The number of nitrogens with zero attached hydrogens (tertiary/aromatic N) is 2. The Bertz CT molecular complexity index is 1140. The highest BCUT2D eigenvalue weighted by Gasteiger charge is 2.21. The first-order chi connectivity index (χ1) is 14.5. The Morgan fingerprint density at radius 3 is 1.30 bits per heavy atom. The van der Waals surface area contributed by atoms with Crippen LogP contribution in [0.1, 0.15) is 31.8 Å². The zero-order valence-corrected chi connectivity index (χ0v) is 15.5. The van der Waals surface area contributed by atoms with E-state index < -0.39 is 23.2 Å². The summed E-state index contributed by atoms with van der Waals surface area (Å²) in [5.74, 6) is -2.06. The summed E-state index contributed by atoms with van der Waals surface area (Å²) in [5.41, 5.74) is 1.43. The van der Waals surface area contributed by atoms with Gasteiger partial charge in [0.05, 0.1) is 0 Å². The fourth-order valence-electron chi connectivity index (χ4n) is 3.20. The third kappa shape index (κ3) is 3.75. The Morgan fingerprint density at radius 2 is 0.933 bits per heavy atom. The number of benzene rings is 2. The number of pyridine rings is 2. The number of hydrogen-bond acceptors (Lipinski definition) is 4. The molecule has 0 aliphatic carbocycles. The highest BCUT2D eigenvalue weighted by Crippen LogP contribution is 2.31. The molecule has 0 bridgehead atoms. The first-order valence-electron chi connectivity index (χ1n) is 9.03. The molecule has 0 unspecified atom stereocenters. The van der Waals surface area contributed by atoms with E-state index in [0.29, 0.717) is 22.3 Å². The van der Waals surface area contributed by atoms with Crippen molar-refractivity contribution in [2.24, 2.45) is 0 Å². The molecule has 4 aromatic rings. The quantitative estimate of drug-likeness (QED) is 0.448. The van der Waals surface area contributed by atoms with E-state index in [-0.39, 0.29) is 11.1 Å². The lowest BCUT2D eigenvalue weighted by atomic mass is 9.89. The minimum absolute atomic E-state index is 0.0663. The summed E-state index contributed by atoms with van der Waals surface area (Å²) in [7, 11) is 0. The van der Waals surface area contributed by atoms with Gasteiger partial charge < -0.3 is 0 Å². The minimum atomic E-state index is -0.597. The van der Waals surface area contributed by atoms with Crippen LogP contribution in [0, 0.1) is 11.6 Å². The zero-order valence-electron chi connectivity index (χ0n) is 15.5. The summed E-state index contributed by atoms with van der Waals surface area (Å²) >= 11 is 0. The van der Waals surface area contributed by atoms with E-state index >= 15 is 0 Å². The number of halogens is 2. The van der Waals surface area contributed by atoms with Gasteiger partial charge in [0.2, 0.25) is 0 Å². The number of rotatable bonds is 5. The van der Waals surface area contributed by atoms with Crippen molar-refractivity contribution in [3.05, 3.63) is 119 Å². The molecule has 2 aromatic heterocycles. The number of carbonyl (C=O) groups is 2. The summed E-state index contributed by atoms with van der Waals surface area (Å²) in [6.07, 6.45) is 5.84. The Morgan fingerprint density at radius 1 is 0.567 bits per heavy atom. The van der Waals surface area contributed by atoms with Crippen LogP contribution in [0.3, 0.4) is 0 Å². The normalized spacial score (nSPS) is 10.6. The van der Waals surface area contributed by atoms with Crippen molar-refractivity contribution in [1.29, 1.82) is 0 Å². The summed E-state index contributed by atoms with van der Waals surface area (Å²) in [6.45, 7) is 0. The number of carbonyl (C=O) groups excluding carboxylic acids is 2. The van der Waals surface area contributed by atoms with E-state index in [2.05, 4.69) is 9.97 Å². The van der Waals surface area contributed by atoms with Crippen LogP contribution >= 0.6 is 0 Å². The molecule has 146 valence electrons. The van der Waals surface area contributed by atoms with E-state index in [4.69, 9.17) is 0 Å². The van der Waals surface area contributed by atoms with Gasteiger partial charge in [0, 0.05) is 47.0 Å². The fourth-order valence-corrected chi connectivity index (χ4v) is 3.20. The van der Waals surface area contributed by atoms with Gasteiger partial charge in [-0.05, 0) is 59.7 Å². The van der Waals surface area contributed by atoms with Crippen LogP contribution in [-0.4, -0.2) is 21.5 Å². The maximum Gasteiger partial charge on any atom is 0.193 e. The summed E-state index contributed by atoms with van der Waals surface area (Å²) in [6, 6.07) is 13.5. The molecule has 0 amide bonds. The third-order valence-electron chi connectivity index (χ3n) is 4.63. The standard InChI is InChI=1S/C24H14F2N2O2/c25-17-1-3-19(21(13-17)23(29)15-5-9-27-10-6-15)20-4-2-18(26)14-22(20)24(30)16-7-11-28-12-8-16/h1-14H. The molecule has 0 saturated carbocycles. The average Bonchev–Trinajstić information content (AvgIpc) is 2.79. The van der Waals surface area contributed by atoms with Crippen molar-refractivity contribution >= 4 is 11.6 Å². The summed E-state index contributed by atoms with van der Waals surface area (Å²) in [5, 5.41) is 0. The summed E-state index contributed by atoms with van der Waals surface area (Å²) < 4.78 is 28.1. The minimum Gasteiger partial charge on any atom is -0.289 e. The Hall–Kier alpha value is -4.06. The van der Waals surface area contributed by atoms with Crippen LogP contribution in [0.15, 0.2) is 85.5 Å². The van der Waals surface area contributed by atoms with Crippen molar-refractivity contribution in [3.8, 4) is 11.1 Å². The number of hydrogen-bond donors (Lipinski definition) is 0. The maximum absolute atomic E-state index is 14.0. The van der Waals surface area contributed by atoms with E-state index in [0.717, 1.165) is 12.1 Å². The van der Waals surface area contributed by atoms with Crippen molar-refractivity contribution in [1.82, 2.24) is 9.97 Å². The van der Waals surface area contributed by atoms with Crippen LogP contribution in [0.25, 0.3) is 11.1 Å². The van der Waals surface area contributed by atoms with E-state index in [9.17, 15) is 18.4 Å². The van der Waals surface area contributed by atoms with Gasteiger partial charge in [-0.2, -0.15) is 0 Å². The van der Waals surface area contributed by atoms with Gasteiger partial charge in [-0.3, -0.25) is 19.6 Å². The van der Waals surface area contributed by atoms with Crippen molar-refractivity contribution in [2.75, 3.05) is 0 Å². The second-order valence-electron chi connectivity index (χ2n) is 6.51. The molecule has 4 rings (SSSR count). The van der Waals surface area contributed by atoms with Crippen molar-refractivity contribution < 1.29 is 18.4 Å². The predicted octanol–water partition coefficient (Wildman–Crippen LogP) is 4.88. The van der Waals surface area contributed by atoms with E-state index in [1.807, 2.05) is 0 Å². The predicted molar refractivity (Wildman–Crippen MR) is 107 cm³/mol. The molecule has 0 radical (unpaired) electrons. The molecule has 0 spiro atoms. The molecule has 4 nitrogen and oxygen atoms in total. The highest BCUT2D eigenvalue weighted by molar-refractivity contribution is 6.16. The monoisotopic (exact) mass is 400 g/mol. The van der Waals surface area contributed by atoms with E-state index in [1.54, 1.807) is 0 Å². The third-order valence-corrected chi connectivity index (χ3v) is 4.63. The van der Waals surface area contributed by atoms with Crippen molar-refractivity contribution in [2.45, 2.75) is 0 Å². The van der Waals surface area contributed by atoms with Gasteiger partial charge >= 0.3 is 0 Å². The largest absolute Gasteiger partial charge is 0.289 e. The lowest BCUT2D eigenvalue weighted by Crippen LogP contribution is -2.08. The second-order valence-corrected chi connectivity index (χ2v) is 6.51. The van der Waals surface area contributed by atoms with Crippen LogP contribution in [-0.2, 0) is 0 Å². The van der Waals surface area contributed by atoms with Crippen LogP contribution in [0.5, 0.6) is 0 Å². The molecule has 2 aromatic carbocycles. The number of ketones is 2. The molecule has 0 atom stereocenters. The van der Waals surface area contributed by atoms with Gasteiger partial charge in [-0.25, -0.2) is 8.78 Å². The zero-order chi connectivity index (χ0) is 21.1. The lowest BCUT2D eigenvalue weighted by Gasteiger charge is -2.14. The molecular formula is C24H14F2N2O2. The maximum atomic E-state index is 14.0. The topological polar surface area (TPSA) is 59.9 Å². The first kappa shape index (κ1) is 19.3. The lowest BCUT2D eigenvalue weighted by molar-refractivity contribution is 0.102. The number of aromatic nitrogens is 2. The van der Waals surface area contributed by atoms with E-state index in [1.165, 1.54) is 73.3 Å². The fraction of sp³-hybridized carbons (Fsp3) is 0. The molecule has 0 aliphatic heterocycles. The van der Waals surface area contributed by atoms with Gasteiger partial charge in [0.15, 0.2) is 11.6 Å². The Balaban J connectivity index is 1.90. The first-order valence-corrected chi connectivity index (χ1v) is 9.03. The van der Waals surface area contributed by atoms with Crippen LogP contribution < -0.4 is 0 Å². The SMILES string of the molecule is O=C(c1ccncc1)c1cc(F)ccc1-c1ccc(F)cc1C(=O)c1ccncc1. The molecule has 0 N–H and O–H groups in total. The highest BCUT2D eigenvalue weighted by atomic mass is 19.1. The molecule has 0 aliphatic rings. The summed E-state index contributed by atoms with van der Waals surface area (Å²) in [4.78, 5) is 33.9. The van der Waals surface area contributed by atoms with Crippen LogP contribution in [0.2, 0.25) is 0 Å². The molecule has 0 saturated heterocycles. The van der Waals surface area contributed by atoms with Crippen LogP contribution in [0.4, 0.5) is 8.78 Å². The Kier molecular flexibility index (Phi) is 5.22. The van der Waals surface area contributed by atoms with Gasteiger partial charge in [0.1, 0.15) is 11.6 Å². The second kappa shape index (κ2) is 8.13. The molecule has 6 heteroatoms. The Labute approximate surface area is 170 Å². The van der Waals surface area contributed by atoms with Gasteiger partial charge in [-0.1, -0.05) is 12.1 Å². The van der Waals surface area contributed by atoms with Gasteiger partial charge in [0.25, 0.3) is 0 Å².